The molecule has 0 radical (unpaired) electrons. The number of nitrogen functional groups attached to an aromatic ring is 1. The summed E-state index contributed by atoms with van der Waals surface area (Å²) in [6.45, 7) is 1.31. The van der Waals surface area contributed by atoms with Crippen LogP contribution in [0.4, 0.5) is 5.69 Å². The number of nitrogens with zero attached hydrogens (tertiary/aromatic N) is 3. The van der Waals surface area contributed by atoms with Gasteiger partial charge in [0.25, 0.3) is 5.56 Å². The van der Waals surface area contributed by atoms with Crippen LogP contribution in [0, 0.1) is 0 Å². The minimum Gasteiger partial charge on any atom is -0.463 e. The Kier molecular flexibility index (Phi) is 6.72. The number of nitrogens with two attached hydrogens (primary N) is 1. The van der Waals surface area contributed by atoms with Crippen molar-refractivity contribution in [2.24, 2.45) is 0 Å². The van der Waals surface area contributed by atoms with E-state index in [0.717, 1.165) is 4.68 Å². The first-order valence-electron chi connectivity index (χ1n) is 7.74. The van der Waals surface area contributed by atoms with E-state index in [9.17, 15) is 9.59 Å². The number of hydrogen-bond acceptors (Lipinski definition) is 7. The Morgan fingerprint density at radius 1 is 1.32 bits per heavy atom. The van der Waals surface area contributed by atoms with Gasteiger partial charge in [-0.3, -0.25) is 9.59 Å². The normalized spacial score (nSPS) is 10.8. The molecule has 0 saturated carbocycles. The quantitative estimate of drug-likeness (QED) is 0.687. The number of furan rings is 1. The van der Waals surface area contributed by atoms with E-state index in [4.69, 9.17) is 19.6 Å². The van der Waals surface area contributed by atoms with E-state index in [1.165, 1.54) is 12.3 Å². The second kappa shape index (κ2) is 9.00. The number of ether oxygens (including phenoxy) is 2. The van der Waals surface area contributed by atoms with Crippen molar-refractivity contribution in [1.82, 2.24) is 14.7 Å². The Morgan fingerprint density at radius 2 is 2.00 bits per heavy atom. The molecule has 0 atom stereocenters. The van der Waals surface area contributed by atoms with Gasteiger partial charge in [-0.1, -0.05) is 0 Å². The number of hydrogen-bond donors (Lipinski definition) is 1. The summed E-state index contributed by atoms with van der Waals surface area (Å²) >= 11 is 0. The van der Waals surface area contributed by atoms with Crippen LogP contribution in [0.1, 0.15) is 0 Å². The topological polar surface area (TPSA) is 113 Å². The molecule has 9 nitrogen and oxygen atoms in total. The molecule has 0 aliphatic rings. The van der Waals surface area contributed by atoms with Crippen molar-refractivity contribution in [3.8, 4) is 11.5 Å². The summed E-state index contributed by atoms with van der Waals surface area (Å²) in [7, 11) is 3.11. The third-order valence-electron chi connectivity index (χ3n) is 3.54. The molecule has 2 rings (SSSR count). The molecule has 25 heavy (non-hydrogen) atoms. The predicted octanol–water partition coefficient (Wildman–Crippen LogP) is 0.207. The van der Waals surface area contributed by atoms with Gasteiger partial charge in [0.2, 0.25) is 5.91 Å². The Morgan fingerprint density at radius 3 is 2.56 bits per heavy atom. The number of amides is 1. The van der Waals surface area contributed by atoms with Crippen LogP contribution in [0.3, 0.4) is 0 Å². The van der Waals surface area contributed by atoms with Gasteiger partial charge in [0.05, 0.1) is 19.5 Å². The molecule has 2 N–H and O–H groups in total. The summed E-state index contributed by atoms with van der Waals surface area (Å²) < 4.78 is 16.3. The second-order valence-corrected chi connectivity index (χ2v) is 5.29. The van der Waals surface area contributed by atoms with E-state index in [-0.39, 0.29) is 18.1 Å². The van der Waals surface area contributed by atoms with Crippen molar-refractivity contribution in [3.63, 3.8) is 0 Å². The van der Waals surface area contributed by atoms with Gasteiger partial charge in [0, 0.05) is 27.3 Å². The van der Waals surface area contributed by atoms with Crippen LogP contribution >= 0.6 is 0 Å². The van der Waals surface area contributed by atoms with Crippen molar-refractivity contribution >= 4 is 11.6 Å². The first-order chi connectivity index (χ1) is 12.1. The Hall–Kier alpha value is -2.65. The van der Waals surface area contributed by atoms with Crippen LogP contribution in [0.15, 0.2) is 33.7 Å². The summed E-state index contributed by atoms with van der Waals surface area (Å²) in [6, 6.07) is 4.82. The molecule has 0 saturated heterocycles. The van der Waals surface area contributed by atoms with E-state index in [2.05, 4.69) is 5.10 Å². The second-order valence-electron chi connectivity index (χ2n) is 5.29. The summed E-state index contributed by atoms with van der Waals surface area (Å²) in [5.41, 5.74) is 5.61. The zero-order valence-electron chi connectivity index (χ0n) is 14.3. The van der Waals surface area contributed by atoms with E-state index < -0.39 is 5.56 Å². The largest absolute Gasteiger partial charge is 0.463 e. The van der Waals surface area contributed by atoms with Crippen LogP contribution in [-0.2, 0) is 20.8 Å². The van der Waals surface area contributed by atoms with Crippen LogP contribution in [-0.4, -0.2) is 61.1 Å². The molecule has 0 unspecified atom stereocenters. The van der Waals surface area contributed by atoms with E-state index >= 15 is 0 Å². The average molecular weight is 350 g/mol. The van der Waals surface area contributed by atoms with Crippen LogP contribution < -0.4 is 11.3 Å². The highest BCUT2D eigenvalue weighted by Crippen LogP contribution is 2.17. The molecule has 2 aromatic rings. The van der Waals surface area contributed by atoms with Gasteiger partial charge in [-0.05, 0) is 18.2 Å². The molecule has 0 aromatic carbocycles. The number of rotatable bonds is 9. The molecule has 2 aromatic heterocycles. The fourth-order valence-electron chi connectivity index (χ4n) is 2.21. The maximum atomic E-state index is 12.5. The number of carbonyl (C=O) groups excluding carboxylic acids is 1. The molecule has 1 amide bonds. The molecule has 0 aliphatic carbocycles. The molecule has 0 fully saturated rings. The summed E-state index contributed by atoms with van der Waals surface area (Å²) in [6.07, 6.45) is 1.49. The Labute approximate surface area is 144 Å². The molecule has 0 aliphatic heterocycles. The van der Waals surface area contributed by atoms with Gasteiger partial charge in [0.15, 0.2) is 5.76 Å². The SMILES string of the molecule is COCCN(CCOC)C(=O)Cn1nc(-c2ccco2)cc(N)c1=O. The third-order valence-corrected chi connectivity index (χ3v) is 3.54. The smallest absolute Gasteiger partial charge is 0.290 e. The highest BCUT2D eigenvalue weighted by atomic mass is 16.5. The van der Waals surface area contributed by atoms with E-state index in [1.54, 1.807) is 31.3 Å². The highest BCUT2D eigenvalue weighted by Gasteiger charge is 2.17. The molecular formula is C16H22N4O5. The lowest BCUT2D eigenvalue weighted by atomic mass is 10.3. The number of carbonyl (C=O) groups is 1. The maximum absolute atomic E-state index is 12.5. The number of methoxy groups -OCH3 is 2. The first kappa shape index (κ1) is 18.7. The van der Waals surface area contributed by atoms with Gasteiger partial charge in [-0.25, -0.2) is 4.68 Å². The van der Waals surface area contributed by atoms with Crippen LogP contribution in [0.2, 0.25) is 0 Å². The lowest BCUT2D eigenvalue weighted by Gasteiger charge is -2.22. The van der Waals surface area contributed by atoms with Gasteiger partial charge in [0.1, 0.15) is 17.9 Å². The fraction of sp³-hybridized carbons (Fsp3) is 0.438. The minimum atomic E-state index is -0.526. The average Bonchev–Trinajstić information content (AvgIpc) is 3.13. The molecule has 0 bridgehead atoms. The van der Waals surface area contributed by atoms with Crippen molar-refractivity contribution in [2.75, 3.05) is 46.3 Å². The highest BCUT2D eigenvalue weighted by molar-refractivity contribution is 5.76. The minimum absolute atomic E-state index is 0.00506. The lowest BCUT2D eigenvalue weighted by Crippen LogP contribution is -2.41. The summed E-state index contributed by atoms with van der Waals surface area (Å²) in [5.74, 6) is 0.184. The van der Waals surface area contributed by atoms with Crippen LogP contribution in [0.25, 0.3) is 11.5 Å². The Bertz CT molecular complexity index is 733. The molecule has 0 spiro atoms. The summed E-state index contributed by atoms with van der Waals surface area (Å²) in [5, 5.41) is 4.18. The monoisotopic (exact) mass is 350 g/mol. The molecular weight excluding hydrogens is 328 g/mol. The number of aromatic nitrogens is 2. The molecule has 9 heteroatoms. The zero-order chi connectivity index (χ0) is 18.2. The van der Waals surface area contributed by atoms with E-state index in [0.29, 0.717) is 37.8 Å². The number of anilines is 1. The van der Waals surface area contributed by atoms with Crippen molar-refractivity contribution < 1.29 is 18.7 Å². The maximum Gasteiger partial charge on any atom is 0.290 e. The predicted molar refractivity (Wildman–Crippen MR) is 90.9 cm³/mol. The zero-order valence-corrected chi connectivity index (χ0v) is 14.3. The van der Waals surface area contributed by atoms with Gasteiger partial charge >= 0.3 is 0 Å². The van der Waals surface area contributed by atoms with Crippen molar-refractivity contribution in [2.45, 2.75) is 6.54 Å². The fourth-order valence-corrected chi connectivity index (χ4v) is 2.21. The van der Waals surface area contributed by atoms with Gasteiger partial charge < -0.3 is 24.5 Å². The first-order valence-corrected chi connectivity index (χ1v) is 7.74. The van der Waals surface area contributed by atoms with Gasteiger partial charge in [-0.2, -0.15) is 5.10 Å². The van der Waals surface area contributed by atoms with Gasteiger partial charge in [-0.15, -0.1) is 0 Å². The lowest BCUT2D eigenvalue weighted by molar-refractivity contribution is -0.133. The van der Waals surface area contributed by atoms with Crippen LogP contribution in [0.5, 0.6) is 0 Å². The summed E-state index contributed by atoms with van der Waals surface area (Å²) in [4.78, 5) is 26.3. The van der Waals surface area contributed by atoms with E-state index in [1.807, 2.05) is 0 Å². The standard InChI is InChI=1S/C16H22N4O5/c1-23-8-5-19(6-9-24-2)15(21)11-20-16(22)12(17)10-13(18-20)14-4-3-7-25-14/h3-4,7,10H,5-6,8-9,11,17H2,1-2H3. The van der Waals surface area contributed by atoms with Crippen molar-refractivity contribution in [1.29, 1.82) is 0 Å². The molecule has 2 heterocycles. The molecule has 136 valence electrons. The Balaban J connectivity index is 2.22. The van der Waals surface area contributed by atoms with Crippen molar-refractivity contribution in [3.05, 3.63) is 34.8 Å². The third kappa shape index (κ3) is 4.91.